The number of benzene rings is 2. The standard InChI is InChI=1S/C23H30FN5O2/c1-17(31-21-11-4-3-10-20(21)24)15-26-22(25-2)27-16-18-8-7-9-19(14-18)28-23(30)29-12-5-6-13-29/h3-4,7-11,14,17H,5-6,12-13,15-16H2,1-2H3,(H,28,30)(H2,25,26,27). The molecule has 1 aliphatic rings. The van der Waals surface area contributed by atoms with Gasteiger partial charge >= 0.3 is 6.03 Å². The van der Waals surface area contributed by atoms with E-state index in [0.29, 0.717) is 19.0 Å². The summed E-state index contributed by atoms with van der Waals surface area (Å²) >= 11 is 0. The molecular formula is C23H30FN5O2. The number of hydrogen-bond donors (Lipinski definition) is 3. The number of nitrogens with one attached hydrogen (secondary N) is 3. The van der Waals surface area contributed by atoms with Crippen molar-refractivity contribution in [2.24, 2.45) is 4.99 Å². The van der Waals surface area contributed by atoms with Crippen LogP contribution in [-0.4, -0.2) is 49.7 Å². The Kier molecular flexibility index (Phi) is 8.09. The van der Waals surface area contributed by atoms with Crippen molar-refractivity contribution in [3.05, 3.63) is 59.9 Å². The van der Waals surface area contributed by atoms with Crippen molar-refractivity contribution in [2.75, 3.05) is 32.0 Å². The van der Waals surface area contributed by atoms with Crippen LogP contribution in [0, 0.1) is 5.82 Å². The second kappa shape index (κ2) is 11.2. The number of nitrogens with zero attached hydrogens (tertiary/aromatic N) is 2. The van der Waals surface area contributed by atoms with Crippen molar-refractivity contribution in [1.82, 2.24) is 15.5 Å². The van der Waals surface area contributed by atoms with Crippen molar-refractivity contribution in [3.63, 3.8) is 0 Å². The molecule has 3 rings (SSSR count). The molecule has 1 heterocycles. The number of likely N-dealkylation sites (tertiary alicyclic amines) is 1. The molecule has 31 heavy (non-hydrogen) atoms. The Morgan fingerprint density at radius 3 is 2.68 bits per heavy atom. The number of rotatable bonds is 7. The molecule has 0 radical (unpaired) electrons. The molecule has 1 aliphatic heterocycles. The highest BCUT2D eigenvalue weighted by Gasteiger charge is 2.17. The molecule has 0 aromatic heterocycles. The molecule has 166 valence electrons. The van der Waals surface area contributed by atoms with Crippen LogP contribution in [-0.2, 0) is 6.54 Å². The number of carbonyl (C=O) groups is 1. The molecule has 1 fully saturated rings. The molecule has 0 saturated carbocycles. The molecule has 0 spiro atoms. The molecule has 2 aromatic rings. The van der Waals surface area contributed by atoms with Gasteiger partial charge in [-0.15, -0.1) is 0 Å². The van der Waals surface area contributed by atoms with Gasteiger partial charge in [0.15, 0.2) is 17.5 Å². The van der Waals surface area contributed by atoms with Gasteiger partial charge in [-0.2, -0.15) is 0 Å². The summed E-state index contributed by atoms with van der Waals surface area (Å²) in [5.74, 6) is 0.455. The van der Waals surface area contributed by atoms with Crippen LogP contribution >= 0.6 is 0 Å². The van der Waals surface area contributed by atoms with Gasteiger partial charge in [0.2, 0.25) is 0 Å². The van der Waals surface area contributed by atoms with Crippen LogP contribution in [0.5, 0.6) is 5.75 Å². The molecular weight excluding hydrogens is 397 g/mol. The van der Waals surface area contributed by atoms with Gasteiger partial charge in [-0.3, -0.25) is 4.99 Å². The fraction of sp³-hybridized carbons (Fsp3) is 0.391. The summed E-state index contributed by atoms with van der Waals surface area (Å²) < 4.78 is 19.3. The fourth-order valence-corrected chi connectivity index (χ4v) is 3.33. The second-order valence-corrected chi connectivity index (χ2v) is 7.49. The number of urea groups is 1. The van der Waals surface area contributed by atoms with E-state index >= 15 is 0 Å². The van der Waals surface area contributed by atoms with Crippen LogP contribution in [0.1, 0.15) is 25.3 Å². The maximum absolute atomic E-state index is 13.7. The zero-order valence-corrected chi connectivity index (χ0v) is 18.0. The predicted molar refractivity (Wildman–Crippen MR) is 121 cm³/mol. The third-order valence-electron chi connectivity index (χ3n) is 4.98. The Labute approximate surface area is 182 Å². The van der Waals surface area contributed by atoms with Gasteiger partial charge in [0.1, 0.15) is 6.10 Å². The lowest BCUT2D eigenvalue weighted by molar-refractivity contribution is 0.214. The number of aliphatic imine (C=N–C) groups is 1. The number of hydrogen-bond acceptors (Lipinski definition) is 3. The molecule has 2 aromatic carbocycles. The first-order chi connectivity index (χ1) is 15.0. The first-order valence-corrected chi connectivity index (χ1v) is 10.6. The van der Waals surface area contributed by atoms with Crippen LogP contribution in [0.4, 0.5) is 14.9 Å². The van der Waals surface area contributed by atoms with E-state index in [-0.39, 0.29) is 23.7 Å². The number of carbonyl (C=O) groups excluding carboxylic acids is 1. The van der Waals surface area contributed by atoms with Crippen molar-refractivity contribution < 1.29 is 13.9 Å². The predicted octanol–water partition coefficient (Wildman–Crippen LogP) is 3.59. The van der Waals surface area contributed by atoms with E-state index in [4.69, 9.17) is 4.74 Å². The van der Waals surface area contributed by atoms with Crippen molar-refractivity contribution in [2.45, 2.75) is 32.4 Å². The average Bonchev–Trinajstić information content (AvgIpc) is 3.31. The van der Waals surface area contributed by atoms with Gasteiger partial charge in [0.05, 0.1) is 6.54 Å². The highest BCUT2D eigenvalue weighted by Crippen LogP contribution is 2.17. The number of ether oxygens (including phenoxy) is 1. The van der Waals surface area contributed by atoms with Gasteiger partial charge in [-0.1, -0.05) is 24.3 Å². The summed E-state index contributed by atoms with van der Waals surface area (Å²) in [6, 6.07) is 14.0. The van der Waals surface area contributed by atoms with Crippen molar-refractivity contribution in [3.8, 4) is 5.75 Å². The van der Waals surface area contributed by atoms with E-state index in [0.717, 1.165) is 37.2 Å². The zero-order valence-electron chi connectivity index (χ0n) is 18.0. The van der Waals surface area contributed by atoms with Gasteiger partial charge < -0.3 is 25.6 Å². The van der Waals surface area contributed by atoms with E-state index in [2.05, 4.69) is 20.9 Å². The van der Waals surface area contributed by atoms with Crippen molar-refractivity contribution >= 4 is 17.7 Å². The SMILES string of the molecule is CN=C(NCc1cccc(NC(=O)N2CCCC2)c1)NCC(C)Oc1ccccc1F. The van der Waals surface area contributed by atoms with Gasteiger partial charge in [0, 0.05) is 32.4 Å². The van der Waals surface area contributed by atoms with Crippen LogP contribution < -0.4 is 20.7 Å². The largest absolute Gasteiger partial charge is 0.486 e. The summed E-state index contributed by atoms with van der Waals surface area (Å²) in [5.41, 5.74) is 1.78. The minimum Gasteiger partial charge on any atom is -0.486 e. The first kappa shape index (κ1) is 22.4. The van der Waals surface area contributed by atoms with E-state index in [1.807, 2.05) is 36.1 Å². The number of anilines is 1. The number of halogens is 1. The summed E-state index contributed by atoms with van der Waals surface area (Å²) in [4.78, 5) is 18.3. The van der Waals surface area contributed by atoms with Crippen LogP contribution in [0.15, 0.2) is 53.5 Å². The van der Waals surface area contributed by atoms with Crippen LogP contribution in [0.2, 0.25) is 0 Å². The normalized spacial score (nSPS) is 14.8. The van der Waals surface area contributed by atoms with E-state index in [1.54, 1.807) is 25.2 Å². The molecule has 1 saturated heterocycles. The average molecular weight is 428 g/mol. The summed E-state index contributed by atoms with van der Waals surface area (Å²) in [6.45, 7) is 4.48. The zero-order chi connectivity index (χ0) is 22.1. The highest BCUT2D eigenvalue weighted by atomic mass is 19.1. The first-order valence-electron chi connectivity index (χ1n) is 10.6. The monoisotopic (exact) mass is 427 g/mol. The van der Waals surface area contributed by atoms with E-state index in [9.17, 15) is 9.18 Å². The van der Waals surface area contributed by atoms with Gasteiger partial charge in [-0.25, -0.2) is 9.18 Å². The topological polar surface area (TPSA) is 78.0 Å². The Hall–Kier alpha value is -3.29. The lowest BCUT2D eigenvalue weighted by atomic mass is 10.2. The van der Waals surface area contributed by atoms with Crippen LogP contribution in [0.3, 0.4) is 0 Å². The second-order valence-electron chi connectivity index (χ2n) is 7.49. The molecule has 1 atom stereocenters. The Morgan fingerprint density at radius 2 is 1.94 bits per heavy atom. The lowest BCUT2D eigenvalue weighted by Crippen LogP contribution is -2.41. The highest BCUT2D eigenvalue weighted by molar-refractivity contribution is 5.89. The molecule has 3 N–H and O–H groups in total. The maximum atomic E-state index is 13.7. The van der Waals surface area contributed by atoms with E-state index < -0.39 is 0 Å². The molecule has 2 amide bonds. The molecule has 7 nitrogen and oxygen atoms in total. The van der Waals surface area contributed by atoms with Crippen LogP contribution in [0.25, 0.3) is 0 Å². The Bertz CT molecular complexity index is 899. The third-order valence-corrected chi connectivity index (χ3v) is 4.98. The molecule has 8 heteroatoms. The lowest BCUT2D eigenvalue weighted by Gasteiger charge is -2.18. The minimum absolute atomic E-state index is 0.0519. The number of guanidine groups is 1. The van der Waals surface area contributed by atoms with Gasteiger partial charge in [0.25, 0.3) is 0 Å². The molecule has 0 bridgehead atoms. The minimum atomic E-state index is -0.381. The molecule has 0 aliphatic carbocycles. The maximum Gasteiger partial charge on any atom is 0.321 e. The van der Waals surface area contributed by atoms with Crippen molar-refractivity contribution in [1.29, 1.82) is 0 Å². The summed E-state index contributed by atoms with van der Waals surface area (Å²) in [7, 11) is 1.68. The third kappa shape index (κ3) is 6.87. The Morgan fingerprint density at radius 1 is 1.16 bits per heavy atom. The summed E-state index contributed by atoms with van der Waals surface area (Å²) in [5, 5.41) is 9.38. The number of amides is 2. The Balaban J connectivity index is 1.45. The molecule has 1 unspecified atom stereocenters. The number of para-hydroxylation sites is 1. The fourth-order valence-electron chi connectivity index (χ4n) is 3.33. The smallest absolute Gasteiger partial charge is 0.321 e. The quantitative estimate of drug-likeness (QED) is 0.466. The summed E-state index contributed by atoms with van der Waals surface area (Å²) in [6.07, 6.45) is 1.88. The van der Waals surface area contributed by atoms with Gasteiger partial charge in [-0.05, 0) is 49.6 Å². The van der Waals surface area contributed by atoms with E-state index in [1.165, 1.54) is 6.07 Å².